The number of rotatable bonds is 4. The minimum Gasteiger partial charge on any atom is -0.316 e. The maximum Gasteiger partial charge on any atom is 0.243 e. The lowest BCUT2D eigenvalue weighted by Gasteiger charge is -2.33. The smallest absolute Gasteiger partial charge is 0.243 e. The third-order valence-corrected chi connectivity index (χ3v) is 7.25. The number of halogens is 1. The molecule has 1 aromatic carbocycles. The molecule has 2 fully saturated rings. The van der Waals surface area contributed by atoms with Crippen molar-refractivity contribution in [2.24, 2.45) is 11.8 Å². The largest absolute Gasteiger partial charge is 0.316 e. The van der Waals surface area contributed by atoms with Crippen molar-refractivity contribution in [1.82, 2.24) is 9.62 Å². The van der Waals surface area contributed by atoms with Gasteiger partial charge in [-0.05, 0) is 61.4 Å². The van der Waals surface area contributed by atoms with Gasteiger partial charge in [0, 0.05) is 13.1 Å². The summed E-state index contributed by atoms with van der Waals surface area (Å²) < 4.78 is 27.3. The Kier molecular flexibility index (Phi) is 6.11. The van der Waals surface area contributed by atoms with E-state index in [1.165, 1.54) is 5.56 Å². The number of hydrogen-bond donors (Lipinski definition) is 1. The Hall–Kier alpha value is -0.620. The Morgan fingerprint density at radius 3 is 2.52 bits per heavy atom. The van der Waals surface area contributed by atoms with Gasteiger partial charge in [-0.2, -0.15) is 4.31 Å². The van der Waals surface area contributed by atoms with Crippen molar-refractivity contribution in [3.8, 4) is 0 Å². The lowest BCUT2D eigenvalue weighted by Crippen LogP contribution is -2.43. The van der Waals surface area contributed by atoms with Crippen LogP contribution in [0.15, 0.2) is 29.2 Å². The molecule has 2 saturated heterocycles. The van der Waals surface area contributed by atoms with E-state index >= 15 is 0 Å². The summed E-state index contributed by atoms with van der Waals surface area (Å²) in [5, 5.41) is 3.38. The number of fused-ring (bicyclic) bond motifs is 1. The highest BCUT2D eigenvalue weighted by Crippen LogP contribution is 2.30. The van der Waals surface area contributed by atoms with Crippen molar-refractivity contribution < 1.29 is 8.42 Å². The standard InChI is InChI=1S/C17H26N2O2S.ClH/c1-3-13(2)14-4-6-17(7-5-14)22(20,21)19-9-8-15-10-18-11-16(15)12-19;/h4-7,13,15-16,18H,3,8-12H2,1-2H3;1H. The van der Waals surface area contributed by atoms with Gasteiger partial charge in [-0.25, -0.2) is 8.42 Å². The summed E-state index contributed by atoms with van der Waals surface area (Å²) in [6, 6.07) is 7.47. The highest BCUT2D eigenvalue weighted by atomic mass is 35.5. The number of sulfonamides is 1. The van der Waals surface area contributed by atoms with Crippen LogP contribution in [-0.4, -0.2) is 38.9 Å². The molecule has 23 heavy (non-hydrogen) atoms. The summed E-state index contributed by atoms with van der Waals surface area (Å²) in [5.74, 6) is 1.60. The summed E-state index contributed by atoms with van der Waals surface area (Å²) >= 11 is 0. The molecule has 3 unspecified atom stereocenters. The Balaban J connectivity index is 0.00000192. The van der Waals surface area contributed by atoms with Crippen LogP contribution in [0.1, 0.15) is 38.2 Å². The van der Waals surface area contributed by atoms with Crippen molar-refractivity contribution in [3.05, 3.63) is 29.8 Å². The fourth-order valence-corrected chi connectivity index (χ4v) is 5.08. The van der Waals surface area contributed by atoms with Crippen LogP contribution in [0.3, 0.4) is 0 Å². The van der Waals surface area contributed by atoms with E-state index in [1.54, 1.807) is 16.4 Å². The molecule has 1 aromatic rings. The SMILES string of the molecule is CCC(C)c1ccc(S(=O)(=O)N2CCC3CNCC3C2)cc1.Cl. The first kappa shape index (κ1) is 18.7. The van der Waals surface area contributed by atoms with E-state index in [0.29, 0.717) is 35.7 Å². The van der Waals surface area contributed by atoms with Gasteiger partial charge in [0.1, 0.15) is 0 Å². The third-order valence-electron chi connectivity index (χ3n) is 5.37. The van der Waals surface area contributed by atoms with E-state index in [1.807, 2.05) is 12.1 Å². The summed E-state index contributed by atoms with van der Waals surface area (Å²) in [4.78, 5) is 0.434. The molecule has 0 aromatic heterocycles. The predicted octanol–water partition coefficient (Wildman–Crippen LogP) is 2.85. The van der Waals surface area contributed by atoms with E-state index in [4.69, 9.17) is 0 Å². The van der Waals surface area contributed by atoms with E-state index in [-0.39, 0.29) is 12.4 Å². The van der Waals surface area contributed by atoms with Crippen LogP contribution in [-0.2, 0) is 10.0 Å². The van der Waals surface area contributed by atoms with Crippen LogP contribution in [0.25, 0.3) is 0 Å². The maximum absolute atomic E-state index is 12.8. The van der Waals surface area contributed by atoms with E-state index in [9.17, 15) is 8.42 Å². The zero-order valence-corrected chi connectivity index (χ0v) is 15.5. The van der Waals surface area contributed by atoms with Crippen molar-refractivity contribution in [2.45, 2.75) is 37.5 Å². The van der Waals surface area contributed by atoms with Gasteiger partial charge < -0.3 is 5.32 Å². The molecule has 4 nitrogen and oxygen atoms in total. The van der Waals surface area contributed by atoms with Gasteiger partial charge in [-0.1, -0.05) is 26.0 Å². The van der Waals surface area contributed by atoms with Gasteiger partial charge in [0.25, 0.3) is 0 Å². The highest BCUT2D eigenvalue weighted by molar-refractivity contribution is 7.89. The van der Waals surface area contributed by atoms with Crippen LogP contribution < -0.4 is 5.32 Å². The van der Waals surface area contributed by atoms with Crippen molar-refractivity contribution >= 4 is 22.4 Å². The van der Waals surface area contributed by atoms with E-state index in [0.717, 1.165) is 25.9 Å². The lowest BCUT2D eigenvalue weighted by molar-refractivity contribution is 0.228. The monoisotopic (exact) mass is 358 g/mol. The highest BCUT2D eigenvalue weighted by Gasteiger charge is 2.37. The van der Waals surface area contributed by atoms with E-state index in [2.05, 4.69) is 19.2 Å². The van der Waals surface area contributed by atoms with Gasteiger partial charge in [-0.15, -0.1) is 12.4 Å². The van der Waals surface area contributed by atoms with Gasteiger partial charge in [0.2, 0.25) is 10.0 Å². The van der Waals surface area contributed by atoms with Crippen molar-refractivity contribution in [1.29, 1.82) is 0 Å². The number of piperidine rings is 1. The second-order valence-electron chi connectivity index (χ2n) is 6.71. The van der Waals surface area contributed by atoms with Crippen LogP contribution in [0.2, 0.25) is 0 Å². The number of nitrogens with one attached hydrogen (secondary N) is 1. The summed E-state index contributed by atoms with van der Waals surface area (Å²) in [6.07, 6.45) is 2.04. The first-order chi connectivity index (χ1) is 10.5. The molecule has 0 bridgehead atoms. The molecule has 3 rings (SSSR count). The second-order valence-corrected chi connectivity index (χ2v) is 8.65. The summed E-state index contributed by atoms with van der Waals surface area (Å²) in [5.41, 5.74) is 1.21. The van der Waals surface area contributed by atoms with Crippen molar-refractivity contribution in [3.63, 3.8) is 0 Å². The molecule has 3 atom stereocenters. The predicted molar refractivity (Wildman–Crippen MR) is 95.6 cm³/mol. The van der Waals surface area contributed by atoms with Crippen LogP contribution in [0, 0.1) is 11.8 Å². The quantitative estimate of drug-likeness (QED) is 0.900. The van der Waals surface area contributed by atoms with Gasteiger partial charge in [0.15, 0.2) is 0 Å². The van der Waals surface area contributed by atoms with Gasteiger partial charge in [0.05, 0.1) is 4.90 Å². The first-order valence-electron chi connectivity index (χ1n) is 8.33. The Labute approximate surface area is 146 Å². The fourth-order valence-electron chi connectivity index (χ4n) is 3.57. The summed E-state index contributed by atoms with van der Waals surface area (Å²) in [7, 11) is -3.34. The molecule has 0 aliphatic carbocycles. The van der Waals surface area contributed by atoms with Gasteiger partial charge >= 0.3 is 0 Å². The Bertz CT molecular complexity index is 618. The average molecular weight is 359 g/mol. The molecular weight excluding hydrogens is 332 g/mol. The summed E-state index contributed by atoms with van der Waals surface area (Å²) in [6.45, 7) is 7.62. The topological polar surface area (TPSA) is 49.4 Å². The number of hydrogen-bond acceptors (Lipinski definition) is 3. The minimum absolute atomic E-state index is 0. The molecule has 6 heteroatoms. The molecule has 2 aliphatic rings. The lowest BCUT2D eigenvalue weighted by atomic mass is 9.90. The molecule has 2 aliphatic heterocycles. The minimum atomic E-state index is -3.34. The Morgan fingerprint density at radius 1 is 1.22 bits per heavy atom. The normalized spacial score (nSPS) is 26.3. The molecular formula is C17H27ClN2O2S. The van der Waals surface area contributed by atoms with Crippen LogP contribution >= 0.6 is 12.4 Å². The third kappa shape index (κ3) is 3.73. The molecule has 0 radical (unpaired) electrons. The molecule has 2 heterocycles. The fraction of sp³-hybridized carbons (Fsp3) is 0.647. The zero-order valence-electron chi connectivity index (χ0n) is 13.9. The average Bonchev–Trinajstić information content (AvgIpc) is 3.01. The Morgan fingerprint density at radius 2 is 1.87 bits per heavy atom. The molecule has 1 N–H and O–H groups in total. The number of nitrogens with zero attached hydrogens (tertiary/aromatic N) is 1. The van der Waals surface area contributed by atoms with Crippen LogP contribution in [0.5, 0.6) is 0 Å². The zero-order chi connectivity index (χ0) is 15.7. The molecule has 0 spiro atoms. The molecule has 0 amide bonds. The number of benzene rings is 1. The van der Waals surface area contributed by atoms with Gasteiger partial charge in [-0.3, -0.25) is 0 Å². The second kappa shape index (κ2) is 7.51. The molecule has 0 saturated carbocycles. The molecule has 130 valence electrons. The van der Waals surface area contributed by atoms with Crippen molar-refractivity contribution in [2.75, 3.05) is 26.2 Å². The van der Waals surface area contributed by atoms with E-state index < -0.39 is 10.0 Å². The first-order valence-corrected chi connectivity index (χ1v) is 9.77. The maximum atomic E-state index is 12.8. The van der Waals surface area contributed by atoms with Crippen LogP contribution in [0.4, 0.5) is 0 Å².